The van der Waals surface area contributed by atoms with E-state index < -0.39 is 5.82 Å². The van der Waals surface area contributed by atoms with Crippen LogP contribution in [0.15, 0.2) is 42.5 Å². The lowest BCUT2D eigenvalue weighted by atomic mass is 9.92. The maximum absolute atomic E-state index is 13.6. The smallest absolute Gasteiger partial charge is 0.243 e. The van der Waals surface area contributed by atoms with E-state index in [-0.39, 0.29) is 18.1 Å². The van der Waals surface area contributed by atoms with Crippen molar-refractivity contribution in [3.63, 3.8) is 0 Å². The molecule has 0 atom stereocenters. The van der Waals surface area contributed by atoms with Crippen LogP contribution in [-0.2, 0) is 4.79 Å². The van der Waals surface area contributed by atoms with Crippen molar-refractivity contribution in [3.8, 4) is 0 Å². The molecule has 0 aromatic heterocycles. The Kier molecular flexibility index (Phi) is 5.96. The van der Waals surface area contributed by atoms with Crippen molar-refractivity contribution in [3.05, 3.63) is 59.4 Å². The molecule has 2 N–H and O–H groups in total. The van der Waals surface area contributed by atoms with E-state index in [0.717, 1.165) is 5.69 Å². The van der Waals surface area contributed by atoms with Crippen molar-refractivity contribution in [2.24, 2.45) is 0 Å². The summed E-state index contributed by atoms with van der Waals surface area (Å²) in [6.07, 6.45) is 0. The van der Waals surface area contributed by atoms with Gasteiger partial charge in [-0.2, -0.15) is 0 Å². The van der Waals surface area contributed by atoms with Crippen molar-refractivity contribution < 1.29 is 9.18 Å². The molecule has 0 bridgehead atoms. The van der Waals surface area contributed by atoms with E-state index in [1.54, 1.807) is 18.2 Å². The van der Waals surface area contributed by atoms with Gasteiger partial charge in [0.25, 0.3) is 0 Å². The third kappa shape index (κ3) is 4.34. The summed E-state index contributed by atoms with van der Waals surface area (Å²) in [5, 5.41) is 5.85. The molecule has 0 aliphatic heterocycles. The minimum absolute atomic E-state index is 0.0950. The number of anilines is 2. The second kappa shape index (κ2) is 7.95. The van der Waals surface area contributed by atoms with E-state index in [9.17, 15) is 9.18 Å². The summed E-state index contributed by atoms with van der Waals surface area (Å²) < 4.78 is 13.6. The maximum Gasteiger partial charge on any atom is 0.243 e. The van der Waals surface area contributed by atoms with Gasteiger partial charge >= 0.3 is 0 Å². The molecule has 0 radical (unpaired) electrons. The Morgan fingerprint density at radius 1 is 0.958 bits per heavy atom. The molecular weight excluding hydrogens is 303 g/mol. The Balaban J connectivity index is 2.13. The third-order valence-electron chi connectivity index (χ3n) is 3.95. The Bertz CT molecular complexity index is 684. The number of para-hydroxylation sites is 2. The molecule has 1 amide bonds. The zero-order chi connectivity index (χ0) is 17.7. The Morgan fingerprint density at radius 3 is 2.08 bits per heavy atom. The highest BCUT2D eigenvalue weighted by molar-refractivity contribution is 5.94. The standard InChI is InChI=1S/C20H25FN2O/c1-13(2)15-8-7-9-16(14(3)4)20(15)22-12-19(24)23-18-11-6-5-10-17(18)21/h5-11,13-14,22H,12H2,1-4H3,(H,23,24). The first-order chi connectivity index (χ1) is 11.4. The van der Waals surface area contributed by atoms with Crippen LogP contribution in [0, 0.1) is 5.82 Å². The summed E-state index contributed by atoms with van der Waals surface area (Å²) >= 11 is 0. The van der Waals surface area contributed by atoms with Crippen LogP contribution in [0.5, 0.6) is 0 Å². The molecule has 2 aromatic rings. The monoisotopic (exact) mass is 328 g/mol. The van der Waals surface area contributed by atoms with Crippen LogP contribution in [0.25, 0.3) is 0 Å². The van der Waals surface area contributed by atoms with Gasteiger partial charge in [0, 0.05) is 5.69 Å². The number of nitrogens with one attached hydrogen (secondary N) is 2. The zero-order valence-corrected chi connectivity index (χ0v) is 14.7. The third-order valence-corrected chi connectivity index (χ3v) is 3.95. The number of carbonyl (C=O) groups excluding carboxylic acids is 1. The number of halogens is 1. The Morgan fingerprint density at radius 2 is 1.54 bits per heavy atom. The summed E-state index contributed by atoms with van der Waals surface area (Å²) in [6.45, 7) is 8.61. The second-order valence-corrected chi connectivity index (χ2v) is 6.50. The van der Waals surface area contributed by atoms with Gasteiger partial charge in [-0.3, -0.25) is 4.79 Å². The summed E-state index contributed by atoms with van der Waals surface area (Å²) in [5.41, 5.74) is 3.57. The summed E-state index contributed by atoms with van der Waals surface area (Å²) in [7, 11) is 0. The lowest BCUT2D eigenvalue weighted by Gasteiger charge is -2.20. The lowest BCUT2D eigenvalue weighted by Crippen LogP contribution is -2.23. The molecule has 2 rings (SSSR count). The predicted octanol–water partition coefficient (Wildman–Crippen LogP) is 5.12. The normalized spacial score (nSPS) is 11.0. The second-order valence-electron chi connectivity index (χ2n) is 6.50. The van der Waals surface area contributed by atoms with Crippen LogP contribution < -0.4 is 10.6 Å². The van der Waals surface area contributed by atoms with Crippen molar-refractivity contribution >= 4 is 17.3 Å². The molecule has 0 aliphatic carbocycles. The number of benzene rings is 2. The zero-order valence-electron chi connectivity index (χ0n) is 14.7. The first-order valence-corrected chi connectivity index (χ1v) is 8.31. The van der Waals surface area contributed by atoms with E-state index in [2.05, 4.69) is 56.5 Å². The molecule has 0 saturated heterocycles. The molecule has 0 fully saturated rings. The average molecular weight is 328 g/mol. The van der Waals surface area contributed by atoms with E-state index in [0.29, 0.717) is 11.8 Å². The number of amides is 1. The van der Waals surface area contributed by atoms with E-state index in [1.807, 2.05) is 0 Å². The topological polar surface area (TPSA) is 41.1 Å². The molecule has 2 aromatic carbocycles. The molecule has 0 saturated carbocycles. The van der Waals surface area contributed by atoms with Gasteiger partial charge in [0.15, 0.2) is 0 Å². The van der Waals surface area contributed by atoms with E-state index >= 15 is 0 Å². The van der Waals surface area contributed by atoms with Gasteiger partial charge in [0.2, 0.25) is 5.91 Å². The number of hydrogen-bond acceptors (Lipinski definition) is 2. The van der Waals surface area contributed by atoms with Crippen LogP contribution in [0.3, 0.4) is 0 Å². The van der Waals surface area contributed by atoms with Gasteiger partial charge in [-0.1, -0.05) is 58.0 Å². The van der Waals surface area contributed by atoms with Gasteiger partial charge in [0.05, 0.1) is 12.2 Å². The van der Waals surface area contributed by atoms with Crippen molar-refractivity contribution in [2.45, 2.75) is 39.5 Å². The first-order valence-electron chi connectivity index (χ1n) is 8.31. The Labute approximate surface area is 143 Å². The predicted molar refractivity (Wildman–Crippen MR) is 98.1 cm³/mol. The molecule has 0 heterocycles. The summed E-state index contributed by atoms with van der Waals surface area (Å²) in [4.78, 5) is 12.2. The highest BCUT2D eigenvalue weighted by Gasteiger charge is 2.14. The van der Waals surface area contributed by atoms with Crippen LogP contribution in [-0.4, -0.2) is 12.5 Å². The van der Waals surface area contributed by atoms with Crippen molar-refractivity contribution in [2.75, 3.05) is 17.2 Å². The molecule has 0 aliphatic rings. The van der Waals surface area contributed by atoms with Crippen LogP contribution in [0.2, 0.25) is 0 Å². The average Bonchev–Trinajstić information content (AvgIpc) is 2.54. The van der Waals surface area contributed by atoms with Crippen molar-refractivity contribution in [1.29, 1.82) is 0 Å². The molecule has 0 spiro atoms. The molecule has 0 unspecified atom stereocenters. The quantitative estimate of drug-likeness (QED) is 0.772. The lowest BCUT2D eigenvalue weighted by molar-refractivity contribution is -0.114. The fourth-order valence-corrected chi connectivity index (χ4v) is 2.68. The van der Waals surface area contributed by atoms with Gasteiger partial charge in [-0.05, 0) is 35.1 Å². The SMILES string of the molecule is CC(C)c1cccc(C(C)C)c1NCC(=O)Nc1ccccc1F. The maximum atomic E-state index is 13.6. The number of hydrogen-bond donors (Lipinski definition) is 2. The van der Waals surface area contributed by atoms with Crippen molar-refractivity contribution in [1.82, 2.24) is 0 Å². The Hall–Kier alpha value is -2.36. The molecule has 4 heteroatoms. The fourth-order valence-electron chi connectivity index (χ4n) is 2.68. The molecular formula is C20H25FN2O. The minimum atomic E-state index is -0.434. The summed E-state index contributed by atoms with van der Waals surface area (Å²) in [5.74, 6) is -0.00803. The van der Waals surface area contributed by atoms with Crippen LogP contribution >= 0.6 is 0 Å². The van der Waals surface area contributed by atoms with Crippen LogP contribution in [0.4, 0.5) is 15.8 Å². The largest absolute Gasteiger partial charge is 0.376 e. The highest BCUT2D eigenvalue weighted by atomic mass is 19.1. The molecule has 3 nitrogen and oxygen atoms in total. The summed E-state index contributed by atoms with van der Waals surface area (Å²) in [6, 6.07) is 12.4. The van der Waals surface area contributed by atoms with Gasteiger partial charge in [0.1, 0.15) is 5.82 Å². The van der Waals surface area contributed by atoms with E-state index in [1.165, 1.54) is 17.2 Å². The highest BCUT2D eigenvalue weighted by Crippen LogP contribution is 2.32. The van der Waals surface area contributed by atoms with E-state index in [4.69, 9.17) is 0 Å². The number of rotatable bonds is 6. The molecule has 24 heavy (non-hydrogen) atoms. The first kappa shape index (κ1) is 18.0. The van der Waals surface area contributed by atoms with Gasteiger partial charge in [-0.15, -0.1) is 0 Å². The number of carbonyl (C=O) groups is 1. The van der Waals surface area contributed by atoms with Gasteiger partial charge in [-0.25, -0.2) is 4.39 Å². The van der Waals surface area contributed by atoms with Crippen LogP contribution in [0.1, 0.15) is 50.7 Å². The fraction of sp³-hybridized carbons (Fsp3) is 0.350. The minimum Gasteiger partial charge on any atom is -0.376 e. The molecule has 128 valence electrons. The van der Waals surface area contributed by atoms with Gasteiger partial charge < -0.3 is 10.6 Å².